The van der Waals surface area contributed by atoms with Crippen LogP contribution in [0.4, 0.5) is 5.69 Å². The van der Waals surface area contributed by atoms with Crippen molar-refractivity contribution in [2.75, 3.05) is 18.4 Å². The molecule has 3 rings (SSSR count). The molecule has 2 aliphatic heterocycles. The molecule has 96 valence electrons. The molecule has 1 saturated heterocycles. The molecule has 1 unspecified atom stereocenters. The summed E-state index contributed by atoms with van der Waals surface area (Å²) in [5.41, 5.74) is 3.55. The molecule has 1 amide bonds. The molecule has 0 radical (unpaired) electrons. The van der Waals surface area contributed by atoms with Crippen molar-refractivity contribution < 1.29 is 4.79 Å². The maximum absolute atomic E-state index is 11.6. The number of carbonyl (C=O) groups excluding carboxylic acids is 1. The lowest BCUT2D eigenvalue weighted by Gasteiger charge is -2.22. The summed E-state index contributed by atoms with van der Waals surface area (Å²) in [5.74, 6) is 0.932. The molecule has 3 nitrogen and oxygen atoms in total. The molecule has 2 aliphatic rings. The van der Waals surface area contributed by atoms with Crippen LogP contribution in [-0.4, -0.2) is 19.0 Å². The van der Waals surface area contributed by atoms with E-state index in [0.29, 0.717) is 0 Å². The molecule has 1 atom stereocenters. The summed E-state index contributed by atoms with van der Waals surface area (Å²) in [6.07, 6.45) is 3.68. The van der Waals surface area contributed by atoms with Gasteiger partial charge in [0.2, 0.25) is 5.91 Å². The van der Waals surface area contributed by atoms with Crippen LogP contribution >= 0.6 is 0 Å². The molecule has 3 heteroatoms. The van der Waals surface area contributed by atoms with Crippen LogP contribution in [0.2, 0.25) is 0 Å². The summed E-state index contributed by atoms with van der Waals surface area (Å²) in [6.45, 7) is 4.27. The molecular formula is C15H20N2O. The zero-order chi connectivity index (χ0) is 12.5. The van der Waals surface area contributed by atoms with E-state index in [9.17, 15) is 4.79 Å². The van der Waals surface area contributed by atoms with E-state index in [0.717, 1.165) is 31.1 Å². The van der Waals surface area contributed by atoms with E-state index in [4.69, 9.17) is 0 Å². The third-order valence-corrected chi connectivity index (χ3v) is 4.22. The number of carbonyl (C=O) groups is 1. The third kappa shape index (κ3) is 2.15. The number of piperidine rings is 1. The highest BCUT2D eigenvalue weighted by atomic mass is 16.2. The molecule has 0 saturated carbocycles. The van der Waals surface area contributed by atoms with Crippen molar-refractivity contribution in [1.82, 2.24) is 5.32 Å². The summed E-state index contributed by atoms with van der Waals surface area (Å²) in [6, 6.07) is 6.45. The van der Waals surface area contributed by atoms with Gasteiger partial charge in [-0.2, -0.15) is 0 Å². The van der Waals surface area contributed by atoms with Crippen LogP contribution in [0.15, 0.2) is 18.2 Å². The highest BCUT2D eigenvalue weighted by molar-refractivity contribution is 6.02. The zero-order valence-corrected chi connectivity index (χ0v) is 10.8. The molecular weight excluding hydrogens is 224 g/mol. The van der Waals surface area contributed by atoms with Gasteiger partial charge in [0.25, 0.3) is 0 Å². The smallest absolute Gasteiger partial charge is 0.231 e. The molecule has 0 bridgehead atoms. The maximum Gasteiger partial charge on any atom is 0.231 e. The van der Waals surface area contributed by atoms with E-state index in [1.54, 1.807) is 0 Å². The maximum atomic E-state index is 11.6. The average molecular weight is 244 g/mol. The minimum absolute atomic E-state index is 0.00738. The number of nitrogens with one attached hydrogen (secondary N) is 2. The average Bonchev–Trinajstić information content (AvgIpc) is 2.67. The predicted octanol–water partition coefficient (Wildman–Crippen LogP) is 2.28. The van der Waals surface area contributed by atoms with Crippen LogP contribution < -0.4 is 10.6 Å². The topological polar surface area (TPSA) is 41.1 Å². The van der Waals surface area contributed by atoms with Gasteiger partial charge in [-0.05, 0) is 62.4 Å². The Morgan fingerprint density at radius 3 is 2.83 bits per heavy atom. The van der Waals surface area contributed by atoms with Crippen molar-refractivity contribution >= 4 is 11.6 Å². The Morgan fingerprint density at radius 1 is 1.28 bits per heavy atom. The second kappa shape index (κ2) is 4.73. The van der Waals surface area contributed by atoms with Crippen molar-refractivity contribution in [1.29, 1.82) is 0 Å². The van der Waals surface area contributed by atoms with E-state index < -0.39 is 0 Å². The molecule has 1 aromatic rings. The number of anilines is 1. The van der Waals surface area contributed by atoms with Crippen molar-refractivity contribution in [3.63, 3.8) is 0 Å². The fourth-order valence-corrected chi connectivity index (χ4v) is 3.01. The van der Waals surface area contributed by atoms with Gasteiger partial charge in [-0.15, -0.1) is 0 Å². The first-order valence-corrected chi connectivity index (χ1v) is 6.88. The standard InChI is InChI=1S/C15H20N2O/c1-10-13-9-12(2-3-14(13)17-15(10)18)8-11-4-6-16-7-5-11/h2-3,9-11,16H,4-8H2,1H3,(H,17,18). The lowest BCUT2D eigenvalue weighted by atomic mass is 9.89. The SMILES string of the molecule is CC1C(=O)Nc2ccc(CC3CCNCC3)cc21. The molecule has 0 spiro atoms. The summed E-state index contributed by atoms with van der Waals surface area (Å²) in [7, 11) is 0. The Morgan fingerprint density at radius 2 is 2.06 bits per heavy atom. The first-order valence-electron chi connectivity index (χ1n) is 6.88. The molecule has 0 aromatic heterocycles. The van der Waals surface area contributed by atoms with Gasteiger partial charge in [0, 0.05) is 5.69 Å². The second-order valence-corrected chi connectivity index (χ2v) is 5.53. The van der Waals surface area contributed by atoms with Crippen LogP contribution in [0.3, 0.4) is 0 Å². The van der Waals surface area contributed by atoms with Gasteiger partial charge in [-0.1, -0.05) is 12.1 Å². The largest absolute Gasteiger partial charge is 0.325 e. The van der Waals surface area contributed by atoms with E-state index in [1.807, 2.05) is 6.92 Å². The quantitative estimate of drug-likeness (QED) is 0.838. The van der Waals surface area contributed by atoms with Crippen molar-refractivity contribution in [3.8, 4) is 0 Å². The van der Waals surface area contributed by atoms with Gasteiger partial charge in [0.1, 0.15) is 0 Å². The number of fused-ring (bicyclic) bond motifs is 1. The predicted molar refractivity (Wildman–Crippen MR) is 72.8 cm³/mol. The summed E-state index contributed by atoms with van der Waals surface area (Å²) >= 11 is 0. The Hall–Kier alpha value is -1.35. The highest BCUT2D eigenvalue weighted by Gasteiger charge is 2.26. The number of hydrogen-bond acceptors (Lipinski definition) is 2. The Kier molecular flexibility index (Phi) is 3.08. The molecule has 2 N–H and O–H groups in total. The lowest BCUT2D eigenvalue weighted by molar-refractivity contribution is -0.116. The normalized spacial score (nSPS) is 23.8. The van der Waals surface area contributed by atoms with Crippen molar-refractivity contribution in [2.45, 2.75) is 32.1 Å². The van der Waals surface area contributed by atoms with Gasteiger partial charge in [0.15, 0.2) is 0 Å². The van der Waals surface area contributed by atoms with Crippen molar-refractivity contribution in [2.24, 2.45) is 5.92 Å². The van der Waals surface area contributed by atoms with Gasteiger partial charge in [-0.25, -0.2) is 0 Å². The van der Waals surface area contributed by atoms with Gasteiger partial charge < -0.3 is 10.6 Å². The Labute approximate surface area is 108 Å². The third-order valence-electron chi connectivity index (χ3n) is 4.22. The van der Waals surface area contributed by atoms with Crippen molar-refractivity contribution in [3.05, 3.63) is 29.3 Å². The Balaban J connectivity index is 1.76. The lowest BCUT2D eigenvalue weighted by Crippen LogP contribution is -2.28. The number of amides is 1. The van der Waals surface area contributed by atoms with E-state index in [-0.39, 0.29) is 11.8 Å². The summed E-state index contributed by atoms with van der Waals surface area (Å²) in [4.78, 5) is 11.6. The second-order valence-electron chi connectivity index (χ2n) is 5.53. The van der Waals surface area contributed by atoms with Gasteiger partial charge in [-0.3, -0.25) is 4.79 Å². The number of rotatable bonds is 2. The minimum atomic E-state index is 0.00738. The molecule has 2 heterocycles. The van der Waals surface area contributed by atoms with E-state index in [2.05, 4.69) is 28.8 Å². The van der Waals surface area contributed by atoms with Gasteiger partial charge >= 0.3 is 0 Å². The molecule has 1 fully saturated rings. The first kappa shape index (κ1) is 11.7. The Bertz CT molecular complexity index is 464. The monoisotopic (exact) mass is 244 g/mol. The van der Waals surface area contributed by atoms with Crippen LogP contribution in [0.25, 0.3) is 0 Å². The van der Waals surface area contributed by atoms with Crippen LogP contribution in [0, 0.1) is 5.92 Å². The highest BCUT2D eigenvalue weighted by Crippen LogP contribution is 2.33. The fraction of sp³-hybridized carbons (Fsp3) is 0.533. The number of benzene rings is 1. The van der Waals surface area contributed by atoms with Crippen LogP contribution in [-0.2, 0) is 11.2 Å². The molecule has 1 aromatic carbocycles. The fourth-order valence-electron chi connectivity index (χ4n) is 3.01. The minimum Gasteiger partial charge on any atom is -0.325 e. The summed E-state index contributed by atoms with van der Waals surface area (Å²) in [5, 5.41) is 6.33. The first-order chi connectivity index (χ1) is 8.74. The summed E-state index contributed by atoms with van der Waals surface area (Å²) < 4.78 is 0. The molecule has 18 heavy (non-hydrogen) atoms. The van der Waals surface area contributed by atoms with Crippen LogP contribution in [0.5, 0.6) is 0 Å². The van der Waals surface area contributed by atoms with Crippen LogP contribution in [0.1, 0.15) is 36.8 Å². The van der Waals surface area contributed by atoms with Gasteiger partial charge in [0.05, 0.1) is 5.92 Å². The van der Waals surface area contributed by atoms with E-state index >= 15 is 0 Å². The zero-order valence-electron chi connectivity index (χ0n) is 10.8. The van der Waals surface area contributed by atoms with E-state index in [1.165, 1.54) is 24.0 Å². The number of hydrogen-bond donors (Lipinski definition) is 2. The molecule has 0 aliphatic carbocycles.